The van der Waals surface area contributed by atoms with Crippen molar-refractivity contribution in [3.05, 3.63) is 82.4 Å². The molecular weight excluding hydrogens is 474 g/mol. The van der Waals surface area contributed by atoms with E-state index in [9.17, 15) is 9.90 Å². The average molecular weight is 506 g/mol. The summed E-state index contributed by atoms with van der Waals surface area (Å²) >= 11 is 6.00. The third-order valence-electron chi connectivity index (χ3n) is 5.86. The Morgan fingerprint density at radius 3 is 2.28 bits per heavy atom. The van der Waals surface area contributed by atoms with Crippen LogP contribution >= 0.6 is 11.6 Å². The van der Waals surface area contributed by atoms with Gasteiger partial charge in [-0.25, -0.2) is 9.53 Å². The summed E-state index contributed by atoms with van der Waals surface area (Å²) in [6.45, 7) is 10.1. The highest BCUT2D eigenvalue weighted by Crippen LogP contribution is 2.28. The molecule has 6 nitrogen and oxygen atoms in total. The molecule has 0 amide bonds. The van der Waals surface area contributed by atoms with Crippen LogP contribution in [-0.2, 0) is 4.79 Å². The zero-order valence-corrected chi connectivity index (χ0v) is 21.4. The Morgan fingerprint density at radius 2 is 1.67 bits per heavy atom. The number of ether oxygens (including phenoxy) is 1. The van der Waals surface area contributed by atoms with Crippen LogP contribution in [0, 0.1) is 6.57 Å². The molecule has 0 fully saturated rings. The van der Waals surface area contributed by atoms with Gasteiger partial charge in [-0.1, -0.05) is 63.5 Å². The van der Waals surface area contributed by atoms with Crippen LogP contribution in [0.3, 0.4) is 0 Å². The van der Waals surface area contributed by atoms with Crippen molar-refractivity contribution in [1.29, 1.82) is 0 Å². The number of hydrogen-bond acceptors (Lipinski definition) is 3. The van der Waals surface area contributed by atoms with E-state index in [2.05, 4.69) is 16.9 Å². The number of carbonyl (C=O) groups is 1. The Kier molecular flexibility index (Phi) is 10.6. The number of rotatable bonds is 14. The average Bonchev–Trinajstić information content (AvgIpc) is 3.30. The Hall–Kier alpha value is -3.56. The van der Waals surface area contributed by atoms with E-state index < -0.39 is 5.97 Å². The Labute approximate surface area is 218 Å². The van der Waals surface area contributed by atoms with Gasteiger partial charge in [0.15, 0.2) is 0 Å². The summed E-state index contributed by atoms with van der Waals surface area (Å²) < 4.78 is 7.55. The molecule has 3 aromatic rings. The van der Waals surface area contributed by atoms with Gasteiger partial charge in [0.05, 0.1) is 24.6 Å². The predicted octanol–water partition coefficient (Wildman–Crippen LogP) is 8.06. The van der Waals surface area contributed by atoms with Crippen LogP contribution in [0.4, 0.5) is 0 Å². The van der Waals surface area contributed by atoms with E-state index >= 15 is 0 Å². The molecule has 3 rings (SSSR count). The quantitative estimate of drug-likeness (QED) is 0.137. The summed E-state index contributed by atoms with van der Waals surface area (Å²) in [5.41, 5.74) is 2.29. The standard InChI is InChI=1S/C29H32ClN3O3/c1-3-4-5-6-7-8-9-10-19-36-26-17-11-22(12-18-26)28-23(20-27(31-2)29(34)35)21-33(32-28)25-15-13-24(30)14-16-25/h11-18,20-21H,3-10,19H2,1H3,(H,34,35)/b27-20+. The number of halogens is 1. The van der Waals surface area contributed by atoms with Crippen molar-refractivity contribution in [1.82, 2.24) is 9.78 Å². The van der Waals surface area contributed by atoms with Crippen molar-refractivity contribution in [3.8, 4) is 22.7 Å². The minimum Gasteiger partial charge on any atom is -0.494 e. The molecule has 36 heavy (non-hydrogen) atoms. The van der Waals surface area contributed by atoms with E-state index in [0.717, 1.165) is 23.4 Å². The highest BCUT2D eigenvalue weighted by molar-refractivity contribution is 6.30. The zero-order chi connectivity index (χ0) is 25.8. The maximum atomic E-state index is 11.4. The minimum absolute atomic E-state index is 0.378. The third-order valence-corrected chi connectivity index (χ3v) is 6.11. The van der Waals surface area contributed by atoms with Gasteiger partial charge in [-0.05, 0) is 61.0 Å². The summed E-state index contributed by atoms with van der Waals surface area (Å²) in [5, 5.41) is 14.6. The van der Waals surface area contributed by atoms with E-state index in [1.165, 1.54) is 51.0 Å². The first-order valence-electron chi connectivity index (χ1n) is 12.4. The van der Waals surface area contributed by atoms with E-state index in [1.807, 2.05) is 36.4 Å². The Morgan fingerprint density at radius 1 is 1.03 bits per heavy atom. The second kappa shape index (κ2) is 14.1. The van der Waals surface area contributed by atoms with E-state index in [4.69, 9.17) is 22.9 Å². The van der Waals surface area contributed by atoms with Gasteiger partial charge in [0.1, 0.15) is 5.75 Å². The Bertz CT molecular complexity index is 1190. The first-order chi connectivity index (χ1) is 17.5. The van der Waals surface area contributed by atoms with E-state index in [-0.39, 0.29) is 5.70 Å². The predicted molar refractivity (Wildman–Crippen MR) is 144 cm³/mol. The summed E-state index contributed by atoms with van der Waals surface area (Å²) in [6.07, 6.45) is 13.1. The van der Waals surface area contributed by atoms with Crippen LogP contribution < -0.4 is 4.74 Å². The molecule has 0 unspecified atom stereocenters. The summed E-state index contributed by atoms with van der Waals surface area (Å²) in [6, 6.07) is 14.7. The van der Waals surface area contributed by atoms with Gasteiger partial charge in [0, 0.05) is 22.3 Å². The van der Waals surface area contributed by atoms with Crippen molar-refractivity contribution in [2.75, 3.05) is 6.61 Å². The van der Waals surface area contributed by atoms with Crippen molar-refractivity contribution in [2.24, 2.45) is 0 Å². The fraction of sp³-hybridized carbons (Fsp3) is 0.345. The van der Waals surface area contributed by atoms with Crippen molar-refractivity contribution in [2.45, 2.75) is 58.3 Å². The van der Waals surface area contributed by atoms with E-state index in [0.29, 0.717) is 22.9 Å². The maximum Gasteiger partial charge on any atom is 0.333 e. The second-order valence-corrected chi connectivity index (χ2v) is 9.08. The highest BCUT2D eigenvalue weighted by atomic mass is 35.5. The third kappa shape index (κ3) is 8.00. The van der Waals surface area contributed by atoms with Crippen molar-refractivity contribution < 1.29 is 14.6 Å². The lowest BCUT2D eigenvalue weighted by atomic mass is 10.1. The molecule has 0 atom stereocenters. The van der Waals surface area contributed by atoms with Gasteiger partial charge >= 0.3 is 5.97 Å². The maximum absolute atomic E-state index is 11.4. The number of unbranched alkanes of at least 4 members (excludes halogenated alkanes) is 7. The fourth-order valence-electron chi connectivity index (χ4n) is 3.87. The summed E-state index contributed by atoms with van der Waals surface area (Å²) in [7, 11) is 0. The van der Waals surface area contributed by atoms with Crippen molar-refractivity contribution >= 4 is 23.6 Å². The molecule has 0 aliphatic rings. The molecule has 0 radical (unpaired) electrons. The molecular formula is C29H32ClN3O3. The molecule has 0 aliphatic carbocycles. The lowest BCUT2D eigenvalue weighted by molar-refractivity contribution is -0.132. The largest absolute Gasteiger partial charge is 0.494 e. The van der Waals surface area contributed by atoms with Crippen LogP contribution in [0.1, 0.15) is 63.9 Å². The van der Waals surface area contributed by atoms with Crippen LogP contribution in [0.5, 0.6) is 5.75 Å². The second-order valence-electron chi connectivity index (χ2n) is 8.65. The topological polar surface area (TPSA) is 68.7 Å². The van der Waals surface area contributed by atoms with Crippen LogP contribution in [-0.4, -0.2) is 27.5 Å². The number of benzene rings is 2. The number of carboxylic acid groups (broad SMARTS) is 1. The smallest absolute Gasteiger partial charge is 0.333 e. The van der Waals surface area contributed by atoms with Crippen LogP contribution in [0.2, 0.25) is 5.02 Å². The van der Waals surface area contributed by atoms with Gasteiger partial charge in [-0.2, -0.15) is 5.10 Å². The lowest BCUT2D eigenvalue weighted by Crippen LogP contribution is -1.97. The number of nitrogens with zero attached hydrogens (tertiary/aromatic N) is 3. The number of aliphatic carboxylic acids is 1. The molecule has 1 N–H and O–H groups in total. The number of carboxylic acids is 1. The lowest BCUT2D eigenvalue weighted by Gasteiger charge is -2.07. The number of hydrogen-bond donors (Lipinski definition) is 1. The first kappa shape index (κ1) is 27.0. The van der Waals surface area contributed by atoms with Gasteiger partial charge in [-0.3, -0.25) is 4.79 Å². The normalized spacial score (nSPS) is 11.3. The van der Waals surface area contributed by atoms with Crippen molar-refractivity contribution in [3.63, 3.8) is 0 Å². The van der Waals surface area contributed by atoms with Gasteiger partial charge in [-0.15, -0.1) is 0 Å². The molecule has 0 saturated carbocycles. The molecule has 0 bridgehead atoms. The molecule has 1 aromatic heterocycles. The van der Waals surface area contributed by atoms with Crippen LogP contribution in [0.15, 0.2) is 60.4 Å². The molecule has 2 aromatic carbocycles. The van der Waals surface area contributed by atoms with Gasteiger partial charge < -0.3 is 9.84 Å². The molecule has 0 aliphatic heterocycles. The molecule has 0 saturated heterocycles. The number of aromatic nitrogens is 2. The Balaban J connectivity index is 1.69. The molecule has 0 spiro atoms. The molecule has 1 heterocycles. The minimum atomic E-state index is -1.28. The van der Waals surface area contributed by atoms with Gasteiger partial charge in [0.25, 0.3) is 5.70 Å². The summed E-state index contributed by atoms with van der Waals surface area (Å²) in [5.74, 6) is -0.497. The van der Waals surface area contributed by atoms with Crippen LogP contribution in [0.25, 0.3) is 27.9 Å². The highest BCUT2D eigenvalue weighted by Gasteiger charge is 2.15. The molecule has 7 heteroatoms. The monoisotopic (exact) mass is 505 g/mol. The van der Waals surface area contributed by atoms with Gasteiger partial charge in [0.2, 0.25) is 0 Å². The van der Waals surface area contributed by atoms with E-state index in [1.54, 1.807) is 23.0 Å². The zero-order valence-electron chi connectivity index (χ0n) is 20.6. The summed E-state index contributed by atoms with van der Waals surface area (Å²) in [4.78, 5) is 14.6. The SMILES string of the molecule is [C-]#[N+]/C(=C/c1cn(-c2ccc(Cl)cc2)nc1-c1ccc(OCCCCCCCCCC)cc1)C(=O)O. The first-order valence-corrected chi connectivity index (χ1v) is 12.8. The molecule has 188 valence electrons. The fourth-order valence-corrected chi connectivity index (χ4v) is 3.99.